The predicted molar refractivity (Wildman–Crippen MR) is 105 cm³/mol. The zero-order valence-corrected chi connectivity index (χ0v) is 16.3. The number of ether oxygens (including phenoxy) is 1. The summed E-state index contributed by atoms with van der Waals surface area (Å²) >= 11 is 5.91. The van der Waals surface area contributed by atoms with E-state index in [0.717, 1.165) is 25.9 Å². The molecular formula is C20H24ClNO3S. The zero-order chi connectivity index (χ0) is 18.4. The first-order valence-electron chi connectivity index (χ1n) is 8.95. The summed E-state index contributed by atoms with van der Waals surface area (Å²) in [6.45, 7) is 2.17. The lowest BCUT2D eigenvalue weighted by Crippen LogP contribution is -2.46. The van der Waals surface area contributed by atoms with Crippen LogP contribution in [0.1, 0.15) is 19.3 Å². The van der Waals surface area contributed by atoms with Crippen molar-refractivity contribution in [2.24, 2.45) is 0 Å². The number of halogens is 1. The minimum Gasteiger partial charge on any atom is -0.492 e. The highest BCUT2D eigenvalue weighted by Gasteiger charge is 2.28. The quantitative estimate of drug-likeness (QED) is 0.712. The van der Waals surface area contributed by atoms with Gasteiger partial charge in [0.15, 0.2) is 9.84 Å². The van der Waals surface area contributed by atoms with Gasteiger partial charge in [-0.25, -0.2) is 8.42 Å². The van der Waals surface area contributed by atoms with Gasteiger partial charge in [0.2, 0.25) is 0 Å². The van der Waals surface area contributed by atoms with Gasteiger partial charge in [0.25, 0.3) is 0 Å². The van der Waals surface area contributed by atoms with Crippen LogP contribution in [0, 0.1) is 0 Å². The Balaban J connectivity index is 1.73. The molecule has 0 aliphatic carbocycles. The molecule has 140 valence electrons. The van der Waals surface area contributed by atoms with E-state index < -0.39 is 9.84 Å². The Morgan fingerprint density at radius 3 is 2.27 bits per heavy atom. The topological polar surface area (TPSA) is 46.6 Å². The number of hydrogen-bond donors (Lipinski definition) is 0. The molecule has 6 heteroatoms. The Kier molecular flexibility index (Phi) is 6.57. The van der Waals surface area contributed by atoms with E-state index >= 15 is 0 Å². The summed E-state index contributed by atoms with van der Waals surface area (Å²) in [5.41, 5.74) is 0. The molecule has 1 fully saturated rings. The molecule has 2 aromatic carbocycles. The SMILES string of the molecule is O=S(=O)(CC(COc1ccc(Cl)cc1)N1CCCCC1)c1ccccc1. The molecule has 0 saturated carbocycles. The Bertz CT molecular complexity index is 788. The van der Waals surface area contributed by atoms with E-state index in [2.05, 4.69) is 4.90 Å². The highest BCUT2D eigenvalue weighted by Crippen LogP contribution is 2.20. The number of nitrogens with zero attached hydrogens (tertiary/aromatic N) is 1. The number of likely N-dealkylation sites (tertiary alicyclic amines) is 1. The highest BCUT2D eigenvalue weighted by molar-refractivity contribution is 7.91. The van der Waals surface area contributed by atoms with Crippen LogP contribution in [0.4, 0.5) is 0 Å². The van der Waals surface area contributed by atoms with E-state index in [-0.39, 0.29) is 11.8 Å². The van der Waals surface area contributed by atoms with Gasteiger partial charge in [0.1, 0.15) is 12.4 Å². The van der Waals surface area contributed by atoms with E-state index in [9.17, 15) is 8.42 Å². The first-order chi connectivity index (χ1) is 12.5. The normalized spacial score (nSPS) is 17.0. The molecule has 0 radical (unpaired) electrons. The van der Waals surface area contributed by atoms with Crippen LogP contribution in [0.15, 0.2) is 59.5 Å². The minimum absolute atomic E-state index is 0.0601. The third kappa shape index (κ3) is 5.22. The van der Waals surface area contributed by atoms with Crippen molar-refractivity contribution in [1.29, 1.82) is 0 Å². The van der Waals surface area contributed by atoms with Gasteiger partial charge in [-0.3, -0.25) is 4.90 Å². The van der Waals surface area contributed by atoms with Crippen LogP contribution in [0.3, 0.4) is 0 Å². The van der Waals surface area contributed by atoms with Gasteiger partial charge in [-0.2, -0.15) is 0 Å². The molecule has 1 atom stereocenters. The van der Waals surface area contributed by atoms with Gasteiger partial charge in [0.05, 0.1) is 16.7 Å². The molecule has 1 aliphatic rings. The Labute approximate surface area is 160 Å². The highest BCUT2D eigenvalue weighted by atomic mass is 35.5. The van der Waals surface area contributed by atoms with E-state index in [1.165, 1.54) is 6.42 Å². The van der Waals surface area contributed by atoms with E-state index in [1.807, 2.05) is 6.07 Å². The lowest BCUT2D eigenvalue weighted by molar-refractivity contribution is 0.126. The molecule has 0 aromatic heterocycles. The van der Waals surface area contributed by atoms with Gasteiger partial charge in [-0.1, -0.05) is 36.2 Å². The molecule has 1 aliphatic heterocycles. The van der Waals surface area contributed by atoms with Crippen LogP contribution in [-0.4, -0.2) is 44.8 Å². The van der Waals surface area contributed by atoms with Gasteiger partial charge in [-0.15, -0.1) is 0 Å². The second-order valence-corrected chi connectivity index (χ2v) is 9.08. The lowest BCUT2D eigenvalue weighted by atomic mass is 10.1. The molecule has 0 spiro atoms. The van der Waals surface area contributed by atoms with Crippen molar-refractivity contribution in [3.05, 3.63) is 59.6 Å². The van der Waals surface area contributed by atoms with E-state index in [4.69, 9.17) is 16.3 Å². The molecule has 0 bridgehead atoms. The molecule has 3 rings (SSSR count). The Hall–Kier alpha value is -1.56. The summed E-state index contributed by atoms with van der Waals surface area (Å²) in [5.74, 6) is 0.762. The van der Waals surface area contributed by atoms with E-state index in [1.54, 1.807) is 48.5 Å². The van der Waals surface area contributed by atoms with Gasteiger partial charge >= 0.3 is 0 Å². The average Bonchev–Trinajstić information content (AvgIpc) is 2.68. The lowest BCUT2D eigenvalue weighted by Gasteiger charge is -2.34. The standard InChI is InChI=1S/C20H24ClNO3S/c21-17-9-11-19(12-10-17)25-15-18(22-13-5-2-6-14-22)16-26(23,24)20-7-3-1-4-8-20/h1,3-4,7-12,18H,2,5-6,13-16H2. The van der Waals surface area contributed by atoms with Crippen LogP contribution in [0.2, 0.25) is 5.02 Å². The molecule has 0 N–H and O–H groups in total. The monoisotopic (exact) mass is 393 g/mol. The van der Waals surface area contributed by atoms with Crippen molar-refractivity contribution in [2.75, 3.05) is 25.4 Å². The fourth-order valence-corrected chi connectivity index (χ4v) is 4.95. The summed E-state index contributed by atoms with van der Waals surface area (Å²) in [6.07, 6.45) is 3.40. The molecule has 2 aromatic rings. The van der Waals surface area contributed by atoms with Crippen LogP contribution >= 0.6 is 11.6 Å². The van der Waals surface area contributed by atoms with Crippen LogP contribution in [0.25, 0.3) is 0 Å². The third-order valence-electron chi connectivity index (χ3n) is 4.68. The molecule has 1 unspecified atom stereocenters. The fourth-order valence-electron chi connectivity index (χ4n) is 3.24. The van der Waals surface area contributed by atoms with Crippen molar-refractivity contribution in [3.8, 4) is 5.75 Å². The summed E-state index contributed by atoms with van der Waals surface area (Å²) < 4.78 is 31.6. The van der Waals surface area contributed by atoms with Crippen LogP contribution in [0.5, 0.6) is 5.75 Å². The van der Waals surface area contributed by atoms with Gasteiger partial charge in [0, 0.05) is 5.02 Å². The van der Waals surface area contributed by atoms with Crippen molar-refractivity contribution < 1.29 is 13.2 Å². The summed E-state index contributed by atoms with van der Waals surface area (Å²) in [5, 5.41) is 0.650. The van der Waals surface area contributed by atoms with Crippen LogP contribution < -0.4 is 4.74 Å². The van der Waals surface area contributed by atoms with Crippen molar-refractivity contribution in [1.82, 2.24) is 4.90 Å². The number of hydrogen-bond acceptors (Lipinski definition) is 4. The van der Waals surface area contributed by atoms with Crippen molar-refractivity contribution >= 4 is 21.4 Å². The molecule has 0 amide bonds. The van der Waals surface area contributed by atoms with Gasteiger partial charge < -0.3 is 4.74 Å². The summed E-state index contributed by atoms with van der Waals surface area (Å²) in [4.78, 5) is 2.62. The average molecular weight is 394 g/mol. The maximum Gasteiger partial charge on any atom is 0.180 e. The summed E-state index contributed by atoms with van der Waals surface area (Å²) in [7, 11) is -3.36. The molecule has 1 saturated heterocycles. The first kappa shape index (κ1) is 19.2. The zero-order valence-electron chi connectivity index (χ0n) is 14.7. The second-order valence-electron chi connectivity index (χ2n) is 6.61. The minimum atomic E-state index is -3.36. The predicted octanol–water partition coefficient (Wildman–Crippen LogP) is 4.05. The fraction of sp³-hybridized carbons (Fsp3) is 0.400. The Morgan fingerprint density at radius 2 is 1.62 bits per heavy atom. The molecule has 26 heavy (non-hydrogen) atoms. The number of piperidine rings is 1. The maximum absolute atomic E-state index is 12.8. The van der Waals surface area contributed by atoms with Crippen molar-refractivity contribution in [2.45, 2.75) is 30.2 Å². The molecule has 4 nitrogen and oxygen atoms in total. The maximum atomic E-state index is 12.8. The third-order valence-corrected chi connectivity index (χ3v) is 6.74. The smallest absolute Gasteiger partial charge is 0.180 e. The number of benzene rings is 2. The number of rotatable bonds is 7. The first-order valence-corrected chi connectivity index (χ1v) is 11.0. The summed E-state index contributed by atoms with van der Waals surface area (Å²) in [6, 6.07) is 15.6. The van der Waals surface area contributed by atoms with Crippen molar-refractivity contribution in [3.63, 3.8) is 0 Å². The number of sulfone groups is 1. The molecular weight excluding hydrogens is 370 g/mol. The molecule has 1 heterocycles. The Morgan fingerprint density at radius 1 is 0.962 bits per heavy atom. The van der Waals surface area contributed by atoms with Gasteiger partial charge in [-0.05, 0) is 62.3 Å². The second kappa shape index (κ2) is 8.89. The van der Waals surface area contributed by atoms with Crippen LogP contribution in [-0.2, 0) is 9.84 Å². The van der Waals surface area contributed by atoms with E-state index in [0.29, 0.717) is 22.3 Å². The largest absolute Gasteiger partial charge is 0.492 e.